The fourth-order valence-electron chi connectivity index (χ4n) is 4.67. The molecule has 0 aromatic heterocycles. The van der Waals surface area contributed by atoms with Gasteiger partial charge in [0.25, 0.3) is 5.92 Å². The summed E-state index contributed by atoms with van der Waals surface area (Å²) in [4.78, 5) is 13.8. The van der Waals surface area contributed by atoms with Crippen LogP contribution in [-0.2, 0) is 4.79 Å². The first-order valence-corrected chi connectivity index (χ1v) is 10.3. The van der Waals surface area contributed by atoms with Crippen LogP contribution in [0.15, 0.2) is 48.5 Å². The fourth-order valence-corrected chi connectivity index (χ4v) is 4.67. The van der Waals surface area contributed by atoms with Crippen molar-refractivity contribution in [2.24, 2.45) is 5.92 Å². The predicted octanol–water partition coefficient (Wildman–Crippen LogP) is 4.22. The molecule has 4 nitrogen and oxygen atoms in total. The molecule has 7 heteroatoms. The highest BCUT2D eigenvalue weighted by molar-refractivity contribution is 5.80. The van der Waals surface area contributed by atoms with Gasteiger partial charge in [-0.05, 0) is 61.2 Å². The number of halogens is 3. The van der Waals surface area contributed by atoms with Crippen LogP contribution in [0.2, 0.25) is 0 Å². The van der Waals surface area contributed by atoms with Crippen molar-refractivity contribution in [2.75, 3.05) is 19.6 Å². The molecule has 2 aromatic carbocycles. The topological polar surface area (TPSA) is 52.6 Å². The number of alkyl halides is 2. The number of hydrogen-bond donors (Lipinski definition) is 2. The van der Waals surface area contributed by atoms with E-state index in [0.29, 0.717) is 31.5 Å². The van der Waals surface area contributed by atoms with E-state index in [1.54, 1.807) is 29.2 Å². The van der Waals surface area contributed by atoms with Crippen molar-refractivity contribution in [3.05, 3.63) is 65.5 Å². The number of carbonyl (C=O) groups is 1. The summed E-state index contributed by atoms with van der Waals surface area (Å²) in [5.41, 5.74) is 1.25. The SMILES string of the molecule is O=C1NCCC1C[C@@H](c1ccc(F)cc1)N1CC[C@@H](c2ccc(O)cc2)C(F)(F)C1. The lowest BCUT2D eigenvalue weighted by Crippen LogP contribution is -2.49. The number of amides is 1. The van der Waals surface area contributed by atoms with E-state index in [0.717, 1.165) is 5.56 Å². The zero-order chi connectivity index (χ0) is 21.3. The first-order chi connectivity index (χ1) is 14.3. The summed E-state index contributed by atoms with van der Waals surface area (Å²) in [6.45, 7) is 0.602. The minimum absolute atomic E-state index is 0.0470. The molecule has 1 unspecified atom stereocenters. The Bertz CT molecular complexity index is 886. The summed E-state index contributed by atoms with van der Waals surface area (Å²) in [6, 6.07) is 11.5. The highest BCUT2D eigenvalue weighted by Gasteiger charge is 2.47. The van der Waals surface area contributed by atoms with Crippen molar-refractivity contribution in [1.29, 1.82) is 0 Å². The molecule has 0 bridgehead atoms. The molecule has 2 aromatic rings. The standard InChI is InChI=1S/C23H25F3N2O2/c24-18-5-1-16(2-6-18)21(13-17-9-11-27-22(17)30)28-12-10-20(23(25,26)14-28)15-3-7-19(29)8-4-15/h1-8,17,20-21,29H,9-14H2,(H,27,30)/t17?,20-,21-/m0/s1. The lowest BCUT2D eigenvalue weighted by Gasteiger charge is -2.43. The van der Waals surface area contributed by atoms with E-state index in [2.05, 4.69) is 5.32 Å². The number of likely N-dealkylation sites (tertiary alicyclic amines) is 1. The van der Waals surface area contributed by atoms with Gasteiger partial charge in [-0.25, -0.2) is 13.2 Å². The lowest BCUT2D eigenvalue weighted by atomic mass is 9.84. The number of phenols is 1. The lowest BCUT2D eigenvalue weighted by molar-refractivity contribution is -0.123. The number of piperidine rings is 1. The van der Waals surface area contributed by atoms with Gasteiger partial charge in [-0.1, -0.05) is 24.3 Å². The molecule has 2 heterocycles. The van der Waals surface area contributed by atoms with E-state index in [1.165, 1.54) is 24.3 Å². The highest BCUT2D eigenvalue weighted by Crippen LogP contribution is 2.44. The van der Waals surface area contributed by atoms with Crippen molar-refractivity contribution in [2.45, 2.75) is 37.1 Å². The first kappa shape index (κ1) is 20.7. The van der Waals surface area contributed by atoms with E-state index in [9.17, 15) is 14.3 Å². The molecule has 2 aliphatic heterocycles. The number of rotatable bonds is 5. The van der Waals surface area contributed by atoms with Crippen molar-refractivity contribution in [3.63, 3.8) is 0 Å². The normalized spacial score (nSPS) is 25.1. The summed E-state index contributed by atoms with van der Waals surface area (Å²) >= 11 is 0. The van der Waals surface area contributed by atoms with Gasteiger partial charge in [-0.2, -0.15) is 0 Å². The number of nitrogens with one attached hydrogen (secondary N) is 1. The van der Waals surface area contributed by atoms with Gasteiger partial charge in [0.2, 0.25) is 5.91 Å². The molecule has 2 aliphatic rings. The molecule has 0 radical (unpaired) electrons. The summed E-state index contributed by atoms with van der Waals surface area (Å²) in [5, 5.41) is 12.2. The maximum absolute atomic E-state index is 15.2. The Hall–Kier alpha value is -2.54. The minimum Gasteiger partial charge on any atom is -0.508 e. The Kier molecular flexibility index (Phi) is 5.73. The van der Waals surface area contributed by atoms with E-state index >= 15 is 8.78 Å². The van der Waals surface area contributed by atoms with Gasteiger partial charge in [0.15, 0.2) is 0 Å². The fraction of sp³-hybridized carbons (Fsp3) is 0.435. The molecule has 2 fully saturated rings. The van der Waals surface area contributed by atoms with Crippen LogP contribution in [-0.4, -0.2) is 41.5 Å². The van der Waals surface area contributed by atoms with Crippen molar-refractivity contribution < 1.29 is 23.1 Å². The van der Waals surface area contributed by atoms with Gasteiger partial charge in [-0.3, -0.25) is 9.69 Å². The van der Waals surface area contributed by atoms with E-state index in [1.807, 2.05) is 0 Å². The number of carbonyl (C=O) groups excluding carboxylic acids is 1. The predicted molar refractivity (Wildman–Crippen MR) is 107 cm³/mol. The Balaban J connectivity index is 1.57. The van der Waals surface area contributed by atoms with Gasteiger partial charge in [0.05, 0.1) is 12.5 Å². The van der Waals surface area contributed by atoms with Crippen molar-refractivity contribution >= 4 is 5.91 Å². The molecule has 3 atom stereocenters. The van der Waals surface area contributed by atoms with Gasteiger partial charge in [0, 0.05) is 18.5 Å². The third-order valence-corrected chi connectivity index (χ3v) is 6.29. The molecule has 4 rings (SSSR count). The number of benzene rings is 2. The summed E-state index contributed by atoms with van der Waals surface area (Å²) < 4.78 is 43.8. The monoisotopic (exact) mass is 418 g/mol. The first-order valence-electron chi connectivity index (χ1n) is 10.3. The van der Waals surface area contributed by atoms with Crippen LogP contribution in [0.25, 0.3) is 0 Å². The van der Waals surface area contributed by atoms with E-state index < -0.39 is 18.4 Å². The minimum atomic E-state index is -2.97. The molecule has 160 valence electrons. The van der Waals surface area contributed by atoms with Crippen LogP contribution >= 0.6 is 0 Å². The Morgan fingerprint density at radius 2 is 1.80 bits per heavy atom. The molecule has 2 saturated heterocycles. The van der Waals surface area contributed by atoms with Crippen molar-refractivity contribution in [1.82, 2.24) is 10.2 Å². The zero-order valence-corrected chi connectivity index (χ0v) is 16.5. The molecule has 2 N–H and O–H groups in total. The molecule has 30 heavy (non-hydrogen) atoms. The highest BCUT2D eigenvalue weighted by atomic mass is 19.3. The summed E-state index contributed by atoms with van der Waals surface area (Å²) in [7, 11) is 0. The quantitative estimate of drug-likeness (QED) is 0.764. The zero-order valence-electron chi connectivity index (χ0n) is 16.5. The molecule has 0 spiro atoms. The number of aromatic hydroxyl groups is 1. The summed E-state index contributed by atoms with van der Waals surface area (Å²) in [5.74, 6) is -4.52. The molecule has 1 amide bonds. The second-order valence-electron chi connectivity index (χ2n) is 8.24. The van der Waals surface area contributed by atoms with Gasteiger partial charge < -0.3 is 10.4 Å². The second-order valence-corrected chi connectivity index (χ2v) is 8.24. The van der Waals surface area contributed by atoms with Crippen LogP contribution < -0.4 is 5.32 Å². The smallest absolute Gasteiger partial charge is 0.267 e. The van der Waals surface area contributed by atoms with Crippen LogP contribution in [0.1, 0.15) is 42.3 Å². The Morgan fingerprint density at radius 1 is 1.10 bits per heavy atom. The number of phenolic OH excluding ortho intramolecular Hbond substituents is 1. The second kappa shape index (κ2) is 8.30. The largest absolute Gasteiger partial charge is 0.508 e. The number of nitrogens with zero attached hydrogens (tertiary/aromatic N) is 1. The Labute approximate surface area is 173 Å². The average molecular weight is 418 g/mol. The summed E-state index contributed by atoms with van der Waals surface area (Å²) in [6.07, 6.45) is 1.36. The van der Waals surface area contributed by atoms with Crippen LogP contribution in [0, 0.1) is 11.7 Å². The Morgan fingerprint density at radius 3 is 2.40 bits per heavy atom. The average Bonchev–Trinajstić information content (AvgIpc) is 3.12. The maximum atomic E-state index is 15.2. The van der Waals surface area contributed by atoms with Crippen molar-refractivity contribution in [3.8, 4) is 5.75 Å². The molecule has 0 aliphatic carbocycles. The third-order valence-electron chi connectivity index (χ3n) is 6.29. The van der Waals surface area contributed by atoms with Crippen LogP contribution in [0.5, 0.6) is 5.75 Å². The van der Waals surface area contributed by atoms with Crippen LogP contribution in [0.3, 0.4) is 0 Å². The molecular formula is C23H25F3N2O2. The van der Waals surface area contributed by atoms with Gasteiger partial charge in [-0.15, -0.1) is 0 Å². The van der Waals surface area contributed by atoms with Gasteiger partial charge >= 0.3 is 0 Å². The molecule has 0 saturated carbocycles. The van der Waals surface area contributed by atoms with E-state index in [-0.39, 0.29) is 35.9 Å². The third kappa shape index (κ3) is 4.31. The molecular weight excluding hydrogens is 393 g/mol. The van der Waals surface area contributed by atoms with Crippen LogP contribution in [0.4, 0.5) is 13.2 Å². The van der Waals surface area contributed by atoms with E-state index in [4.69, 9.17) is 0 Å². The van der Waals surface area contributed by atoms with Gasteiger partial charge in [0.1, 0.15) is 11.6 Å². The maximum Gasteiger partial charge on any atom is 0.267 e. The number of hydrogen-bond acceptors (Lipinski definition) is 3.